The van der Waals surface area contributed by atoms with Crippen LogP contribution in [0.25, 0.3) is 0 Å². The third-order valence-corrected chi connectivity index (χ3v) is 6.15. The normalized spacial score (nSPS) is 15.4. The van der Waals surface area contributed by atoms with E-state index < -0.39 is 15.9 Å². The van der Waals surface area contributed by atoms with Gasteiger partial charge in [0.05, 0.1) is 5.02 Å². The zero-order chi connectivity index (χ0) is 17.2. The number of anilines is 1. The van der Waals surface area contributed by atoms with Crippen molar-refractivity contribution < 1.29 is 13.2 Å². The number of aromatic nitrogens is 1. The lowest BCUT2D eigenvalue weighted by Gasteiger charge is -2.17. The highest BCUT2D eigenvalue weighted by molar-refractivity contribution is 7.89. The van der Waals surface area contributed by atoms with Crippen LogP contribution in [0.4, 0.5) is 5.69 Å². The molecule has 6 nitrogen and oxygen atoms in total. The Morgan fingerprint density at radius 1 is 1.17 bits per heavy atom. The number of amides is 1. The summed E-state index contributed by atoms with van der Waals surface area (Å²) in [6.45, 7) is 0.979. The fraction of sp³-hybridized carbons (Fsp3) is 0.250. The monoisotopic (exact) mass is 365 g/mol. The predicted molar refractivity (Wildman–Crippen MR) is 91.6 cm³/mol. The molecule has 0 aliphatic carbocycles. The van der Waals surface area contributed by atoms with E-state index in [4.69, 9.17) is 11.6 Å². The van der Waals surface area contributed by atoms with Crippen molar-refractivity contribution >= 4 is 33.2 Å². The van der Waals surface area contributed by atoms with Crippen LogP contribution in [-0.4, -0.2) is 36.7 Å². The Labute approximate surface area is 145 Å². The van der Waals surface area contributed by atoms with Crippen LogP contribution in [-0.2, 0) is 10.0 Å². The van der Waals surface area contributed by atoms with E-state index in [1.54, 1.807) is 24.3 Å². The Kier molecular flexibility index (Phi) is 4.84. The molecule has 1 N–H and O–H groups in total. The van der Waals surface area contributed by atoms with Gasteiger partial charge in [0.2, 0.25) is 10.0 Å². The molecule has 1 aromatic heterocycles. The summed E-state index contributed by atoms with van der Waals surface area (Å²) in [4.78, 5) is 16.1. The number of benzene rings is 1. The van der Waals surface area contributed by atoms with E-state index in [-0.39, 0.29) is 15.6 Å². The lowest BCUT2D eigenvalue weighted by Crippen LogP contribution is -2.28. The molecule has 2 aromatic rings. The van der Waals surface area contributed by atoms with Gasteiger partial charge >= 0.3 is 0 Å². The molecule has 1 amide bonds. The maximum absolute atomic E-state index is 12.7. The predicted octanol–water partition coefficient (Wildman–Crippen LogP) is 2.77. The summed E-state index contributed by atoms with van der Waals surface area (Å²) < 4.78 is 26.8. The number of halogens is 1. The van der Waals surface area contributed by atoms with Gasteiger partial charge in [0.15, 0.2) is 0 Å². The average molecular weight is 366 g/mol. The summed E-state index contributed by atoms with van der Waals surface area (Å²) in [7, 11) is -3.66. The number of carbonyl (C=O) groups excluding carboxylic acids is 1. The lowest BCUT2D eigenvalue weighted by atomic mass is 10.3. The van der Waals surface area contributed by atoms with Gasteiger partial charge in [0, 0.05) is 25.0 Å². The van der Waals surface area contributed by atoms with Gasteiger partial charge in [-0.2, -0.15) is 4.31 Å². The second kappa shape index (κ2) is 6.88. The molecule has 126 valence electrons. The largest absolute Gasteiger partial charge is 0.321 e. The smallest absolute Gasteiger partial charge is 0.274 e. The zero-order valence-corrected chi connectivity index (χ0v) is 14.3. The minimum absolute atomic E-state index is 0.00453. The molecule has 0 atom stereocenters. The van der Waals surface area contributed by atoms with E-state index in [1.807, 2.05) is 0 Å². The summed E-state index contributed by atoms with van der Waals surface area (Å²) in [6.07, 6.45) is 3.19. The molecule has 2 heterocycles. The van der Waals surface area contributed by atoms with Crippen molar-refractivity contribution in [3.05, 3.63) is 53.3 Å². The number of carbonyl (C=O) groups is 1. The first-order valence-corrected chi connectivity index (χ1v) is 9.32. The Morgan fingerprint density at radius 3 is 2.58 bits per heavy atom. The van der Waals surface area contributed by atoms with E-state index in [0.717, 1.165) is 12.8 Å². The van der Waals surface area contributed by atoms with Crippen molar-refractivity contribution in [2.24, 2.45) is 0 Å². The van der Waals surface area contributed by atoms with Gasteiger partial charge in [0.1, 0.15) is 10.6 Å². The van der Waals surface area contributed by atoms with E-state index in [0.29, 0.717) is 18.8 Å². The van der Waals surface area contributed by atoms with Crippen LogP contribution in [0.3, 0.4) is 0 Å². The summed E-state index contributed by atoms with van der Waals surface area (Å²) in [5, 5.41) is 2.78. The third-order valence-electron chi connectivity index (χ3n) is 3.77. The Morgan fingerprint density at radius 2 is 1.92 bits per heavy atom. The van der Waals surface area contributed by atoms with Crippen LogP contribution in [0.1, 0.15) is 23.3 Å². The molecule has 3 rings (SSSR count). The van der Waals surface area contributed by atoms with Crippen LogP contribution < -0.4 is 5.32 Å². The first-order chi connectivity index (χ1) is 11.5. The number of rotatable bonds is 4. The minimum Gasteiger partial charge on any atom is -0.321 e. The van der Waals surface area contributed by atoms with Crippen molar-refractivity contribution in [3.8, 4) is 0 Å². The van der Waals surface area contributed by atoms with Crippen molar-refractivity contribution in [1.82, 2.24) is 9.29 Å². The molecule has 1 aliphatic heterocycles. The van der Waals surface area contributed by atoms with Crippen LogP contribution >= 0.6 is 11.6 Å². The van der Waals surface area contributed by atoms with Crippen LogP contribution in [0.2, 0.25) is 5.02 Å². The molecule has 0 bridgehead atoms. The standard InChI is InChI=1S/C16H16ClN3O3S/c17-13-7-6-12(19-16(21)14-5-1-2-8-18-14)11-15(13)24(22,23)20-9-3-4-10-20/h1-2,5-8,11H,3-4,9-10H2,(H,19,21). The average Bonchev–Trinajstić information content (AvgIpc) is 3.12. The highest BCUT2D eigenvalue weighted by atomic mass is 35.5. The van der Waals surface area contributed by atoms with Gasteiger partial charge in [-0.15, -0.1) is 0 Å². The van der Waals surface area contributed by atoms with Gasteiger partial charge in [-0.05, 0) is 43.2 Å². The van der Waals surface area contributed by atoms with Gasteiger partial charge in [-0.3, -0.25) is 9.78 Å². The van der Waals surface area contributed by atoms with E-state index >= 15 is 0 Å². The molecule has 1 aliphatic rings. The molecule has 0 radical (unpaired) electrons. The van der Waals surface area contributed by atoms with Crippen LogP contribution in [0.5, 0.6) is 0 Å². The van der Waals surface area contributed by atoms with Crippen LogP contribution in [0, 0.1) is 0 Å². The Bertz CT molecular complexity index is 850. The van der Waals surface area contributed by atoms with Gasteiger partial charge in [-0.25, -0.2) is 8.42 Å². The first kappa shape index (κ1) is 16.9. The summed E-state index contributed by atoms with van der Waals surface area (Å²) in [6, 6.07) is 9.40. The second-order valence-corrected chi connectivity index (χ2v) is 7.74. The number of nitrogens with zero attached hydrogens (tertiary/aromatic N) is 2. The number of pyridine rings is 1. The first-order valence-electron chi connectivity index (χ1n) is 7.50. The molecule has 0 spiro atoms. The molecular weight excluding hydrogens is 350 g/mol. The molecule has 1 fully saturated rings. The topological polar surface area (TPSA) is 79.4 Å². The summed E-state index contributed by atoms with van der Waals surface area (Å²) in [5.41, 5.74) is 0.601. The maximum atomic E-state index is 12.7. The molecular formula is C16H16ClN3O3S. The molecule has 1 aromatic carbocycles. The Hall–Kier alpha value is -1.96. The number of hydrogen-bond donors (Lipinski definition) is 1. The summed E-state index contributed by atoms with van der Waals surface area (Å²) in [5.74, 6) is -0.414. The molecule has 1 saturated heterocycles. The summed E-state index contributed by atoms with van der Waals surface area (Å²) >= 11 is 6.08. The van der Waals surface area contributed by atoms with Crippen molar-refractivity contribution in [2.75, 3.05) is 18.4 Å². The van der Waals surface area contributed by atoms with E-state index in [2.05, 4.69) is 10.3 Å². The van der Waals surface area contributed by atoms with Crippen molar-refractivity contribution in [1.29, 1.82) is 0 Å². The number of sulfonamides is 1. The molecule has 24 heavy (non-hydrogen) atoms. The van der Waals surface area contributed by atoms with Crippen molar-refractivity contribution in [3.63, 3.8) is 0 Å². The highest BCUT2D eigenvalue weighted by Gasteiger charge is 2.29. The molecule has 8 heteroatoms. The van der Waals surface area contributed by atoms with Gasteiger partial charge in [0.25, 0.3) is 5.91 Å². The van der Waals surface area contributed by atoms with E-state index in [9.17, 15) is 13.2 Å². The number of nitrogens with one attached hydrogen (secondary N) is 1. The van der Waals surface area contributed by atoms with Crippen LogP contribution in [0.15, 0.2) is 47.5 Å². The zero-order valence-electron chi connectivity index (χ0n) is 12.8. The van der Waals surface area contributed by atoms with Crippen molar-refractivity contribution in [2.45, 2.75) is 17.7 Å². The minimum atomic E-state index is -3.66. The maximum Gasteiger partial charge on any atom is 0.274 e. The fourth-order valence-corrected chi connectivity index (χ4v) is 4.56. The SMILES string of the molecule is O=C(Nc1ccc(Cl)c(S(=O)(=O)N2CCCC2)c1)c1ccccn1. The highest BCUT2D eigenvalue weighted by Crippen LogP contribution is 2.29. The third kappa shape index (κ3) is 3.43. The molecule has 0 unspecified atom stereocenters. The lowest BCUT2D eigenvalue weighted by molar-refractivity contribution is 0.102. The number of hydrogen-bond acceptors (Lipinski definition) is 4. The van der Waals surface area contributed by atoms with Gasteiger partial charge < -0.3 is 5.32 Å². The Balaban J connectivity index is 1.88. The van der Waals surface area contributed by atoms with Gasteiger partial charge in [-0.1, -0.05) is 17.7 Å². The quantitative estimate of drug-likeness (QED) is 0.903. The fourth-order valence-electron chi connectivity index (χ4n) is 2.54. The van der Waals surface area contributed by atoms with E-state index in [1.165, 1.54) is 22.6 Å². The second-order valence-electron chi connectivity index (χ2n) is 5.43. The molecule has 0 saturated carbocycles.